The van der Waals surface area contributed by atoms with Crippen molar-refractivity contribution in [2.24, 2.45) is 5.73 Å². The third-order valence-electron chi connectivity index (χ3n) is 1.19. The first kappa shape index (κ1) is 7.55. The van der Waals surface area contributed by atoms with Crippen molar-refractivity contribution in [3.8, 4) is 12.0 Å². The van der Waals surface area contributed by atoms with Crippen LogP contribution in [0.1, 0.15) is 12.2 Å². The molecule has 11 heavy (non-hydrogen) atoms. The van der Waals surface area contributed by atoms with Crippen molar-refractivity contribution in [2.45, 2.75) is 12.8 Å². The highest BCUT2D eigenvalue weighted by molar-refractivity contribution is 4.98. The Balaban J connectivity index is 2.43. The Bertz CT molecular complexity index is 258. The first-order valence-electron chi connectivity index (χ1n) is 3.38. The molecule has 1 aromatic heterocycles. The van der Waals surface area contributed by atoms with Crippen LogP contribution in [0.3, 0.4) is 0 Å². The van der Waals surface area contributed by atoms with Crippen LogP contribution in [0.15, 0.2) is 18.5 Å². The highest BCUT2D eigenvalue weighted by atomic mass is 14.8. The topological polar surface area (TPSA) is 51.8 Å². The second-order valence-corrected chi connectivity index (χ2v) is 1.99. The first-order valence-corrected chi connectivity index (χ1v) is 3.38. The Morgan fingerprint density at radius 3 is 2.73 bits per heavy atom. The smallest absolute Gasteiger partial charge is 0.129 e. The van der Waals surface area contributed by atoms with E-state index in [9.17, 15) is 0 Å². The standard InChI is InChI=1S/C8H9N3/c9-5-2-1-4-8-10-6-3-7-11-8/h3,6-7H,1,4,9H2. The Labute approximate surface area is 65.7 Å². The van der Waals surface area contributed by atoms with E-state index in [-0.39, 0.29) is 0 Å². The molecule has 56 valence electrons. The largest absolute Gasteiger partial charge is 0.359 e. The monoisotopic (exact) mass is 147 g/mol. The van der Waals surface area contributed by atoms with Crippen LogP contribution in [0.25, 0.3) is 0 Å². The maximum atomic E-state index is 4.99. The summed E-state index contributed by atoms with van der Waals surface area (Å²) in [6, 6.07) is 4.12. The number of nitrogens with two attached hydrogens (primary N) is 1. The second kappa shape index (κ2) is 4.29. The number of aromatic nitrogens is 2. The number of hydrogen-bond acceptors (Lipinski definition) is 3. The van der Waals surface area contributed by atoms with Gasteiger partial charge < -0.3 is 5.73 Å². The molecule has 0 bridgehead atoms. The van der Waals surface area contributed by atoms with Gasteiger partial charge in [-0.3, -0.25) is 0 Å². The minimum atomic E-state index is 0.723. The fraction of sp³-hybridized carbons (Fsp3) is 0.250. The normalized spacial score (nSPS) is 8.36. The Kier molecular flexibility index (Phi) is 2.94. The van der Waals surface area contributed by atoms with Gasteiger partial charge >= 0.3 is 0 Å². The van der Waals surface area contributed by atoms with Crippen LogP contribution in [-0.4, -0.2) is 9.97 Å². The Morgan fingerprint density at radius 1 is 1.36 bits per heavy atom. The number of nitrogens with zero attached hydrogens (tertiary/aromatic N) is 2. The lowest BCUT2D eigenvalue weighted by Crippen LogP contribution is -1.92. The van der Waals surface area contributed by atoms with E-state index in [0.717, 1.165) is 18.7 Å². The molecule has 3 heteroatoms. The molecule has 0 saturated carbocycles. The molecule has 1 heterocycles. The van der Waals surface area contributed by atoms with Crippen LogP contribution < -0.4 is 5.73 Å². The molecule has 0 aromatic carbocycles. The summed E-state index contributed by atoms with van der Waals surface area (Å²) >= 11 is 0. The summed E-state index contributed by atoms with van der Waals surface area (Å²) in [5, 5.41) is 0. The van der Waals surface area contributed by atoms with E-state index < -0.39 is 0 Å². The van der Waals surface area contributed by atoms with E-state index in [0.29, 0.717) is 0 Å². The highest BCUT2D eigenvalue weighted by Crippen LogP contribution is 1.91. The van der Waals surface area contributed by atoms with E-state index in [2.05, 4.69) is 21.9 Å². The van der Waals surface area contributed by atoms with Crippen molar-refractivity contribution < 1.29 is 0 Å². The molecular weight excluding hydrogens is 138 g/mol. The molecule has 0 unspecified atom stereocenters. The number of rotatable bonds is 2. The molecule has 0 spiro atoms. The molecule has 0 aliphatic carbocycles. The zero-order valence-corrected chi connectivity index (χ0v) is 6.12. The summed E-state index contributed by atoms with van der Waals surface area (Å²) in [4.78, 5) is 8.06. The minimum absolute atomic E-state index is 0.723. The third-order valence-corrected chi connectivity index (χ3v) is 1.19. The molecule has 0 aliphatic rings. The summed E-state index contributed by atoms with van der Waals surface area (Å²) in [7, 11) is 0. The summed E-state index contributed by atoms with van der Waals surface area (Å²) in [6.07, 6.45) is 4.93. The molecule has 0 fully saturated rings. The zero-order chi connectivity index (χ0) is 7.94. The Morgan fingerprint density at radius 2 is 2.09 bits per heavy atom. The summed E-state index contributed by atoms with van der Waals surface area (Å²) < 4.78 is 0. The van der Waals surface area contributed by atoms with Crippen LogP contribution in [0.5, 0.6) is 0 Å². The van der Waals surface area contributed by atoms with E-state index >= 15 is 0 Å². The van der Waals surface area contributed by atoms with Gasteiger partial charge in [0.15, 0.2) is 0 Å². The van der Waals surface area contributed by atoms with Gasteiger partial charge in [0.2, 0.25) is 0 Å². The van der Waals surface area contributed by atoms with Gasteiger partial charge in [0.25, 0.3) is 0 Å². The molecule has 0 saturated heterocycles. The quantitative estimate of drug-likeness (QED) is 0.484. The van der Waals surface area contributed by atoms with Gasteiger partial charge in [-0.05, 0) is 6.07 Å². The molecular formula is C8H9N3. The molecule has 2 N–H and O–H groups in total. The van der Waals surface area contributed by atoms with Gasteiger partial charge in [-0.25, -0.2) is 9.97 Å². The van der Waals surface area contributed by atoms with Gasteiger partial charge in [0, 0.05) is 31.3 Å². The van der Waals surface area contributed by atoms with Crippen LogP contribution >= 0.6 is 0 Å². The van der Waals surface area contributed by atoms with Gasteiger partial charge in [0.1, 0.15) is 5.82 Å². The fourth-order valence-corrected chi connectivity index (χ4v) is 0.706. The summed E-state index contributed by atoms with van der Waals surface area (Å²) in [5.41, 5.74) is 4.99. The van der Waals surface area contributed by atoms with Crippen molar-refractivity contribution in [3.05, 3.63) is 24.3 Å². The van der Waals surface area contributed by atoms with E-state index in [1.165, 1.54) is 0 Å². The maximum absolute atomic E-state index is 4.99. The van der Waals surface area contributed by atoms with Crippen LogP contribution in [0.4, 0.5) is 0 Å². The van der Waals surface area contributed by atoms with Crippen molar-refractivity contribution in [1.82, 2.24) is 9.97 Å². The fourth-order valence-electron chi connectivity index (χ4n) is 0.706. The van der Waals surface area contributed by atoms with Gasteiger partial charge in [-0.15, -0.1) is 0 Å². The summed E-state index contributed by atoms with van der Waals surface area (Å²) in [6.45, 7) is 0. The highest BCUT2D eigenvalue weighted by Gasteiger charge is 1.90. The average Bonchev–Trinajstić information content (AvgIpc) is 2.07. The molecule has 0 aliphatic heterocycles. The van der Waals surface area contributed by atoms with Crippen LogP contribution in [0, 0.1) is 12.0 Å². The van der Waals surface area contributed by atoms with Crippen molar-refractivity contribution >= 4 is 0 Å². The van der Waals surface area contributed by atoms with Gasteiger partial charge in [-0.2, -0.15) is 0 Å². The second-order valence-electron chi connectivity index (χ2n) is 1.99. The predicted octanol–water partition coefficient (Wildman–Crippen LogP) is 0.329. The van der Waals surface area contributed by atoms with Gasteiger partial charge in [-0.1, -0.05) is 5.92 Å². The lowest BCUT2D eigenvalue weighted by molar-refractivity contribution is 0.890. The third kappa shape index (κ3) is 2.67. The molecule has 0 radical (unpaired) electrons. The number of hydrogen-bond donors (Lipinski definition) is 1. The molecule has 3 nitrogen and oxygen atoms in total. The van der Waals surface area contributed by atoms with Crippen LogP contribution in [-0.2, 0) is 6.42 Å². The molecule has 1 rings (SSSR count). The van der Waals surface area contributed by atoms with E-state index in [1.807, 2.05) is 0 Å². The van der Waals surface area contributed by atoms with E-state index in [4.69, 9.17) is 5.73 Å². The average molecular weight is 147 g/mol. The first-order chi connectivity index (χ1) is 5.43. The number of aryl methyl sites for hydroxylation is 1. The predicted molar refractivity (Wildman–Crippen MR) is 42.3 cm³/mol. The van der Waals surface area contributed by atoms with Crippen molar-refractivity contribution in [1.29, 1.82) is 0 Å². The molecule has 0 atom stereocenters. The Hall–Kier alpha value is -1.56. The summed E-state index contributed by atoms with van der Waals surface area (Å²) in [5.74, 6) is 3.56. The SMILES string of the molecule is NC#CCCc1ncccn1. The maximum Gasteiger partial charge on any atom is 0.129 e. The van der Waals surface area contributed by atoms with Gasteiger partial charge in [0.05, 0.1) is 0 Å². The van der Waals surface area contributed by atoms with E-state index in [1.54, 1.807) is 18.5 Å². The molecule has 0 amide bonds. The molecule has 1 aromatic rings. The van der Waals surface area contributed by atoms with Crippen LogP contribution in [0.2, 0.25) is 0 Å². The zero-order valence-electron chi connectivity index (χ0n) is 6.12. The lowest BCUT2D eigenvalue weighted by atomic mass is 10.3. The van der Waals surface area contributed by atoms with Crippen molar-refractivity contribution in [2.75, 3.05) is 0 Å². The minimum Gasteiger partial charge on any atom is -0.359 e. The van der Waals surface area contributed by atoms with Crippen molar-refractivity contribution in [3.63, 3.8) is 0 Å². The lowest BCUT2D eigenvalue weighted by Gasteiger charge is -1.91.